The molecule has 1 atom stereocenters. The molecule has 0 N–H and O–H groups in total. The van der Waals surface area contributed by atoms with E-state index in [0.717, 1.165) is 36.5 Å². The maximum atomic E-state index is 14.7. The molecule has 2 aromatic carbocycles. The van der Waals surface area contributed by atoms with Gasteiger partial charge >= 0.3 is 0 Å². The zero-order valence-corrected chi connectivity index (χ0v) is 15.9. The molecule has 0 spiro atoms. The van der Waals surface area contributed by atoms with Crippen molar-refractivity contribution in [2.24, 2.45) is 0 Å². The molecule has 5 heteroatoms. The molecule has 0 aliphatic carbocycles. The molecule has 3 aromatic rings. The Kier molecular flexibility index (Phi) is 5.44. The first-order chi connectivity index (χ1) is 13.7. The Bertz CT molecular complexity index is 936. The largest absolute Gasteiger partial charge is 0.494 e. The summed E-state index contributed by atoms with van der Waals surface area (Å²) in [6.45, 7) is 4.91. The summed E-state index contributed by atoms with van der Waals surface area (Å²) in [5.41, 5.74) is 2.49. The van der Waals surface area contributed by atoms with E-state index in [2.05, 4.69) is 9.47 Å². The molecule has 0 unspecified atom stereocenters. The van der Waals surface area contributed by atoms with Crippen LogP contribution >= 0.6 is 0 Å². The third kappa shape index (κ3) is 3.80. The van der Waals surface area contributed by atoms with Crippen LogP contribution in [0.2, 0.25) is 0 Å². The van der Waals surface area contributed by atoms with Gasteiger partial charge in [-0.25, -0.2) is 8.78 Å². The number of fused-ring (bicyclic) bond motifs is 1. The third-order valence-corrected chi connectivity index (χ3v) is 5.23. The molecule has 146 valence electrons. The predicted molar refractivity (Wildman–Crippen MR) is 105 cm³/mol. The third-order valence-electron chi connectivity index (χ3n) is 5.23. The Balaban J connectivity index is 1.70. The second-order valence-electron chi connectivity index (χ2n) is 7.10. The van der Waals surface area contributed by atoms with Gasteiger partial charge in [0.15, 0.2) is 0 Å². The van der Waals surface area contributed by atoms with E-state index >= 15 is 0 Å². The molecule has 0 fully saturated rings. The number of hydrogen-bond donors (Lipinski definition) is 0. The standard InChI is InChI=1S/C23H24F2N2O/c1-2-28-19-9-6-17(7-10-19)16-27-14-4-13-26-12-3-5-22(26)23(27)20-15-18(24)8-11-21(20)25/h3,5-12,15,23H,2,4,13-14,16H2,1H3/t23-/m1/s1. The Morgan fingerprint density at radius 3 is 2.64 bits per heavy atom. The number of halogens is 2. The van der Waals surface area contributed by atoms with E-state index in [9.17, 15) is 8.78 Å². The van der Waals surface area contributed by atoms with Crippen molar-refractivity contribution in [2.75, 3.05) is 13.2 Å². The van der Waals surface area contributed by atoms with Gasteiger partial charge in [-0.2, -0.15) is 0 Å². The van der Waals surface area contributed by atoms with Gasteiger partial charge in [0.25, 0.3) is 0 Å². The molecular weight excluding hydrogens is 358 g/mol. The van der Waals surface area contributed by atoms with Crippen molar-refractivity contribution in [3.63, 3.8) is 0 Å². The summed E-state index contributed by atoms with van der Waals surface area (Å²) in [5.74, 6) is 0.0428. The van der Waals surface area contributed by atoms with Crippen LogP contribution in [0.3, 0.4) is 0 Å². The van der Waals surface area contributed by atoms with Crippen LogP contribution in [0.5, 0.6) is 5.75 Å². The van der Waals surface area contributed by atoms with E-state index in [0.29, 0.717) is 18.7 Å². The van der Waals surface area contributed by atoms with Gasteiger partial charge in [-0.15, -0.1) is 0 Å². The summed E-state index contributed by atoms with van der Waals surface area (Å²) in [4.78, 5) is 2.23. The van der Waals surface area contributed by atoms with Crippen LogP contribution in [0.1, 0.15) is 36.2 Å². The van der Waals surface area contributed by atoms with Gasteiger partial charge in [-0.3, -0.25) is 4.90 Å². The lowest BCUT2D eigenvalue weighted by molar-refractivity contribution is 0.216. The van der Waals surface area contributed by atoms with E-state index in [1.54, 1.807) is 0 Å². The van der Waals surface area contributed by atoms with E-state index in [1.807, 2.05) is 49.5 Å². The molecule has 0 bridgehead atoms. The number of rotatable bonds is 5. The van der Waals surface area contributed by atoms with Crippen LogP contribution in [0.15, 0.2) is 60.8 Å². The van der Waals surface area contributed by atoms with Gasteiger partial charge in [0.05, 0.1) is 12.6 Å². The van der Waals surface area contributed by atoms with E-state index in [4.69, 9.17) is 4.74 Å². The SMILES string of the molecule is CCOc1ccc(CN2CCCn3cccc3[C@H]2c2cc(F)ccc2F)cc1. The zero-order valence-electron chi connectivity index (χ0n) is 15.9. The minimum atomic E-state index is -0.417. The number of nitrogens with zero attached hydrogens (tertiary/aromatic N) is 2. The molecule has 0 saturated carbocycles. The van der Waals surface area contributed by atoms with Crippen molar-refractivity contribution in [1.82, 2.24) is 9.47 Å². The first kappa shape index (κ1) is 18.7. The second-order valence-corrected chi connectivity index (χ2v) is 7.10. The molecule has 3 nitrogen and oxygen atoms in total. The topological polar surface area (TPSA) is 17.4 Å². The van der Waals surface area contributed by atoms with Crippen molar-refractivity contribution in [2.45, 2.75) is 32.5 Å². The molecule has 1 aromatic heterocycles. The van der Waals surface area contributed by atoms with Crippen molar-refractivity contribution in [1.29, 1.82) is 0 Å². The summed E-state index contributed by atoms with van der Waals surface area (Å²) in [6, 6.07) is 15.3. The number of aromatic nitrogens is 1. The molecule has 0 radical (unpaired) electrons. The summed E-state index contributed by atoms with van der Waals surface area (Å²) in [5, 5.41) is 0. The smallest absolute Gasteiger partial charge is 0.128 e. The highest BCUT2D eigenvalue weighted by Crippen LogP contribution is 2.34. The first-order valence-corrected chi connectivity index (χ1v) is 9.71. The molecule has 0 saturated heterocycles. The van der Waals surface area contributed by atoms with Crippen LogP contribution in [0, 0.1) is 11.6 Å². The highest BCUT2D eigenvalue weighted by molar-refractivity contribution is 5.33. The molecule has 0 amide bonds. The van der Waals surface area contributed by atoms with Gasteiger partial charge in [-0.05, 0) is 61.4 Å². The monoisotopic (exact) mass is 382 g/mol. The summed E-state index contributed by atoms with van der Waals surface area (Å²) < 4.78 is 36.4. The lowest BCUT2D eigenvalue weighted by atomic mass is 10.00. The van der Waals surface area contributed by atoms with E-state index in [-0.39, 0.29) is 11.9 Å². The van der Waals surface area contributed by atoms with Gasteiger partial charge in [0, 0.05) is 37.1 Å². The van der Waals surface area contributed by atoms with Crippen molar-refractivity contribution < 1.29 is 13.5 Å². The number of benzene rings is 2. The normalized spacial score (nSPS) is 17.2. The second kappa shape index (κ2) is 8.15. The van der Waals surface area contributed by atoms with Crippen LogP contribution in [-0.4, -0.2) is 22.6 Å². The predicted octanol–water partition coefficient (Wildman–Crippen LogP) is 5.16. The van der Waals surface area contributed by atoms with Crippen molar-refractivity contribution >= 4 is 0 Å². The molecule has 1 aliphatic rings. The average Bonchev–Trinajstić information content (AvgIpc) is 3.08. The van der Waals surface area contributed by atoms with Gasteiger partial charge < -0.3 is 9.30 Å². The fraction of sp³-hybridized carbons (Fsp3) is 0.304. The molecule has 2 heterocycles. The minimum absolute atomic E-state index is 0.334. The van der Waals surface area contributed by atoms with E-state index in [1.165, 1.54) is 18.2 Å². The maximum Gasteiger partial charge on any atom is 0.128 e. The number of hydrogen-bond acceptors (Lipinski definition) is 2. The molecule has 4 rings (SSSR count). The number of aryl methyl sites for hydroxylation is 1. The maximum absolute atomic E-state index is 14.7. The Labute approximate surface area is 164 Å². The first-order valence-electron chi connectivity index (χ1n) is 9.71. The lowest BCUT2D eigenvalue weighted by Gasteiger charge is -2.31. The quantitative estimate of drug-likeness (QED) is 0.606. The van der Waals surface area contributed by atoms with E-state index < -0.39 is 5.82 Å². The van der Waals surface area contributed by atoms with Crippen molar-refractivity contribution in [3.05, 3.63) is 89.2 Å². The summed E-state index contributed by atoms with van der Waals surface area (Å²) >= 11 is 0. The number of ether oxygens (including phenoxy) is 1. The van der Waals surface area contributed by atoms with Crippen molar-refractivity contribution in [3.8, 4) is 5.75 Å². The molecular formula is C23H24F2N2O. The van der Waals surface area contributed by atoms with Gasteiger partial charge in [0.2, 0.25) is 0 Å². The Morgan fingerprint density at radius 2 is 1.86 bits per heavy atom. The summed E-state index contributed by atoms with van der Waals surface area (Å²) in [6.07, 6.45) is 2.96. The average molecular weight is 382 g/mol. The van der Waals surface area contributed by atoms with Gasteiger partial charge in [-0.1, -0.05) is 12.1 Å². The Morgan fingerprint density at radius 1 is 1.04 bits per heavy atom. The Hall–Kier alpha value is -2.66. The highest BCUT2D eigenvalue weighted by atomic mass is 19.1. The fourth-order valence-electron chi connectivity index (χ4n) is 3.98. The van der Waals surface area contributed by atoms with Crippen LogP contribution in [-0.2, 0) is 13.1 Å². The lowest BCUT2D eigenvalue weighted by Crippen LogP contribution is -2.30. The zero-order chi connectivity index (χ0) is 19.5. The fourth-order valence-corrected chi connectivity index (χ4v) is 3.98. The summed E-state index contributed by atoms with van der Waals surface area (Å²) in [7, 11) is 0. The van der Waals surface area contributed by atoms with Crippen LogP contribution < -0.4 is 4.74 Å². The van der Waals surface area contributed by atoms with Crippen LogP contribution in [0.25, 0.3) is 0 Å². The van der Waals surface area contributed by atoms with Crippen LogP contribution in [0.4, 0.5) is 8.78 Å². The molecule has 28 heavy (non-hydrogen) atoms. The molecule has 1 aliphatic heterocycles. The van der Waals surface area contributed by atoms with Gasteiger partial charge in [0.1, 0.15) is 17.4 Å². The highest BCUT2D eigenvalue weighted by Gasteiger charge is 2.29. The minimum Gasteiger partial charge on any atom is -0.494 e.